The van der Waals surface area contributed by atoms with Crippen LogP contribution < -0.4 is 0 Å². The Bertz CT molecular complexity index is 872. The molecular weight excluding hydrogens is 334 g/mol. The van der Waals surface area contributed by atoms with Gasteiger partial charge in [-0.15, -0.1) is 11.3 Å². The second-order valence-electron chi connectivity index (χ2n) is 6.07. The summed E-state index contributed by atoms with van der Waals surface area (Å²) in [6.07, 6.45) is 7.92. The molecule has 4 rings (SSSR count). The van der Waals surface area contributed by atoms with Crippen molar-refractivity contribution in [1.29, 1.82) is 0 Å². The Balaban J connectivity index is 1.70. The van der Waals surface area contributed by atoms with E-state index in [1.807, 2.05) is 22.4 Å². The molecule has 1 unspecified atom stereocenters. The number of amides is 1. The second-order valence-corrected chi connectivity index (χ2v) is 7.02. The first-order valence-corrected chi connectivity index (χ1v) is 9.33. The first kappa shape index (κ1) is 16.0. The standard InChI is InChI=1S/C18H19N5OS/c1-2-3-15-22-14(10-25-15)18(24)23-9-6-13-16(21-11-20-13)17(23)12-4-7-19-8-5-12/h4-5,7-8,10-11,17H,2-3,6,9H2,1H3,(H,20,21). The predicted octanol–water partition coefficient (Wildman–Crippen LogP) is 3.00. The van der Waals surface area contributed by atoms with E-state index in [0.717, 1.165) is 41.2 Å². The van der Waals surface area contributed by atoms with Crippen LogP contribution in [-0.4, -0.2) is 37.3 Å². The Morgan fingerprint density at radius 2 is 2.24 bits per heavy atom. The van der Waals surface area contributed by atoms with Crippen molar-refractivity contribution in [3.63, 3.8) is 0 Å². The second kappa shape index (κ2) is 6.76. The molecule has 1 aliphatic heterocycles. The number of imidazole rings is 1. The molecule has 0 spiro atoms. The predicted molar refractivity (Wildman–Crippen MR) is 95.5 cm³/mol. The van der Waals surface area contributed by atoms with Gasteiger partial charge in [0, 0.05) is 36.4 Å². The Labute approximate surface area is 150 Å². The maximum Gasteiger partial charge on any atom is 0.274 e. The number of nitrogens with one attached hydrogen (secondary N) is 1. The molecule has 1 amide bonds. The highest BCUT2D eigenvalue weighted by Crippen LogP contribution is 2.34. The lowest BCUT2D eigenvalue weighted by Gasteiger charge is -2.34. The number of carbonyl (C=O) groups excluding carboxylic acids is 1. The van der Waals surface area contributed by atoms with Gasteiger partial charge in [0.05, 0.1) is 17.0 Å². The third-order valence-electron chi connectivity index (χ3n) is 4.44. The monoisotopic (exact) mass is 353 g/mol. The zero-order valence-electron chi connectivity index (χ0n) is 14.0. The number of H-pyrrole nitrogens is 1. The summed E-state index contributed by atoms with van der Waals surface area (Å²) in [4.78, 5) is 31.3. The minimum absolute atomic E-state index is 0.0333. The number of aryl methyl sites for hydroxylation is 1. The van der Waals surface area contributed by atoms with Crippen molar-refractivity contribution in [2.75, 3.05) is 6.54 Å². The molecule has 1 N–H and O–H groups in total. The Kier molecular flexibility index (Phi) is 4.31. The van der Waals surface area contributed by atoms with Crippen LogP contribution in [0.25, 0.3) is 0 Å². The maximum absolute atomic E-state index is 13.1. The summed E-state index contributed by atoms with van der Waals surface area (Å²) in [5, 5.41) is 2.89. The van der Waals surface area contributed by atoms with Gasteiger partial charge in [-0.25, -0.2) is 9.97 Å². The van der Waals surface area contributed by atoms with Crippen molar-refractivity contribution >= 4 is 17.2 Å². The molecule has 4 heterocycles. The van der Waals surface area contributed by atoms with Crippen molar-refractivity contribution in [3.05, 3.63) is 63.9 Å². The van der Waals surface area contributed by atoms with Gasteiger partial charge in [0.15, 0.2) is 0 Å². The van der Waals surface area contributed by atoms with E-state index in [4.69, 9.17) is 0 Å². The van der Waals surface area contributed by atoms with Gasteiger partial charge < -0.3 is 9.88 Å². The van der Waals surface area contributed by atoms with Crippen molar-refractivity contribution in [2.45, 2.75) is 32.2 Å². The highest BCUT2D eigenvalue weighted by atomic mass is 32.1. The minimum atomic E-state index is -0.207. The zero-order chi connectivity index (χ0) is 17.2. The van der Waals surface area contributed by atoms with Gasteiger partial charge in [0.25, 0.3) is 5.91 Å². The molecule has 0 aliphatic carbocycles. The SMILES string of the molecule is CCCc1nc(C(=O)N2CCc3[nH]cnc3C2c2ccncc2)cs1. The van der Waals surface area contributed by atoms with Crippen molar-refractivity contribution in [1.82, 2.24) is 24.8 Å². The summed E-state index contributed by atoms with van der Waals surface area (Å²) >= 11 is 1.56. The van der Waals surface area contributed by atoms with Gasteiger partial charge in [-0.3, -0.25) is 9.78 Å². The number of rotatable bonds is 4. The highest BCUT2D eigenvalue weighted by Gasteiger charge is 2.35. The molecule has 0 saturated carbocycles. The first-order chi connectivity index (χ1) is 12.3. The lowest BCUT2D eigenvalue weighted by Crippen LogP contribution is -2.41. The normalized spacial score (nSPS) is 16.7. The number of fused-ring (bicyclic) bond motifs is 1. The van der Waals surface area contributed by atoms with E-state index in [0.29, 0.717) is 12.2 Å². The summed E-state index contributed by atoms with van der Waals surface area (Å²) in [7, 11) is 0. The van der Waals surface area contributed by atoms with E-state index in [1.54, 1.807) is 30.1 Å². The van der Waals surface area contributed by atoms with Gasteiger partial charge in [-0.1, -0.05) is 6.92 Å². The molecule has 0 radical (unpaired) electrons. The summed E-state index contributed by atoms with van der Waals surface area (Å²) < 4.78 is 0. The largest absolute Gasteiger partial charge is 0.348 e. The van der Waals surface area contributed by atoms with E-state index >= 15 is 0 Å². The van der Waals surface area contributed by atoms with Gasteiger partial charge in [0.1, 0.15) is 11.7 Å². The lowest BCUT2D eigenvalue weighted by atomic mass is 9.96. The van der Waals surface area contributed by atoms with E-state index < -0.39 is 0 Å². The summed E-state index contributed by atoms with van der Waals surface area (Å²) in [5.74, 6) is -0.0333. The minimum Gasteiger partial charge on any atom is -0.348 e. The number of thiazole rings is 1. The number of hydrogen-bond donors (Lipinski definition) is 1. The summed E-state index contributed by atoms with van der Waals surface area (Å²) in [5.41, 5.74) is 3.55. The molecule has 1 aliphatic rings. The number of aromatic nitrogens is 4. The molecule has 128 valence electrons. The van der Waals surface area contributed by atoms with Crippen LogP contribution >= 0.6 is 11.3 Å². The fourth-order valence-electron chi connectivity index (χ4n) is 3.26. The molecule has 6 nitrogen and oxygen atoms in total. The third kappa shape index (κ3) is 2.95. The Hall–Kier alpha value is -2.54. The highest BCUT2D eigenvalue weighted by molar-refractivity contribution is 7.09. The van der Waals surface area contributed by atoms with Gasteiger partial charge in [0.2, 0.25) is 0 Å². The van der Waals surface area contributed by atoms with Gasteiger partial charge in [-0.05, 0) is 30.5 Å². The van der Waals surface area contributed by atoms with E-state index in [2.05, 4.69) is 26.9 Å². The number of carbonyl (C=O) groups is 1. The van der Waals surface area contributed by atoms with Gasteiger partial charge in [-0.2, -0.15) is 0 Å². The van der Waals surface area contributed by atoms with Crippen LogP contribution in [0.4, 0.5) is 0 Å². The van der Waals surface area contributed by atoms with Crippen LogP contribution in [0.5, 0.6) is 0 Å². The van der Waals surface area contributed by atoms with Crippen LogP contribution in [0, 0.1) is 0 Å². The fraction of sp³-hybridized carbons (Fsp3) is 0.333. The average molecular weight is 353 g/mol. The lowest BCUT2D eigenvalue weighted by molar-refractivity contribution is 0.0685. The fourth-order valence-corrected chi connectivity index (χ4v) is 4.14. The molecular formula is C18H19N5OS. The molecule has 1 atom stereocenters. The molecule has 0 fully saturated rings. The summed E-state index contributed by atoms with van der Waals surface area (Å²) in [6.45, 7) is 2.76. The smallest absolute Gasteiger partial charge is 0.274 e. The van der Waals surface area contributed by atoms with E-state index in [9.17, 15) is 4.79 Å². The number of aromatic amines is 1. The molecule has 0 aromatic carbocycles. The van der Waals surface area contributed by atoms with Crippen molar-refractivity contribution in [2.24, 2.45) is 0 Å². The Morgan fingerprint density at radius 1 is 1.40 bits per heavy atom. The van der Waals surface area contributed by atoms with Crippen LogP contribution in [0.15, 0.2) is 36.2 Å². The topological polar surface area (TPSA) is 74.8 Å². The molecule has 0 saturated heterocycles. The van der Waals surface area contributed by atoms with E-state index in [-0.39, 0.29) is 11.9 Å². The zero-order valence-corrected chi connectivity index (χ0v) is 14.8. The van der Waals surface area contributed by atoms with Crippen LogP contribution in [0.2, 0.25) is 0 Å². The van der Waals surface area contributed by atoms with Crippen molar-refractivity contribution in [3.8, 4) is 0 Å². The number of pyridine rings is 1. The Morgan fingerprint density at radius 3 is 3.04 bits per heavy atom. The quantitative estimate of drug-likeness (QED) is 0.782. The molecule has 0 bridgehead atoms. The van der Waals surface area contributed by atoms with E-state index in [1.165, 1.54) is 0 Å². The molecule has 3 aromatic heterocycles. The maximum atomic E-state index is 13.1. The molecule has 7 heteroatoms. The van der Waals surface area contributed by atoms with Gasteiger partial charge >= 0.3 is 0 Å². The first-order valence-electron chi connectivity index (χ1n) is 8.45. The number of hydrogen-bond acceptors (Lipinski definition) is 5. The third-order valence-corrected chi connectivity index (χ3v) is 5.35. The number of nitrogens with zero attached hydrogens (tertiary/aromatic N) is 4. The molecule has 25 heavy (non-hydrogen) atoms. The molecule has 3 aromatic rings. The van der Waals surface area contributed by atoms with Crippen molar-refractivity contribution < 1.29 is 4.79 Å². The van der Waals surface area contributed by atoms with Crippen LogP contribution in [0.3, 0.4) is 0 Å². The van der Waals surface area contributed by atoms with Crippen LogP contribution in [0.1, 0.15) is 51.8 Å². The average Bonchev–Trinajstić information content (AvgIpc) is 3.30. The summed E-state index contributed by atoms with van der Waals surface area (Å²) in [6, 6.07) is 3.68. The van der Waals surface area contributed by atoms with Crippen LogP contribution in [-0.2, 0) is 12.8 Å².